The van der Waals surface area contributed by atoms with Gasteiger partial charge in [0.1, 0.15) is 5.76 Å². The van der Waals surface area contributed by atoms with Crippen molar-refractivity contribution in [2.45, 2.75) is 33.7 Å². The number of aryl methyl sites for hydroxylation is 3. The number of rotatable bonds is 7. The molecule has 0 aliphatic rings. The standard InChI is InChI=1S/C23H26N4O4/c1-6-29-17-9-7-8-16-11-18(31-21(16)17)15(4)25-19(28)12-30-23-20-13(2)10-14(3)24-22(20)27(5)26-23/h7-11,15H,6,12H2,1-5H3,(H,25,28). The van der Waals surface area contributed by atoms with Gasteiger partial charge in [0.15, 0.2) is 23.6 Å². The summed E-state index contributed by atoms with van der Waals surface area (Å²) >= 11 is 0. The number of carbonyl (C=O) groups is 1. The number of amides is 1. The van der Waals surface area contributed by atoms with Gasteiger partial charge in [-0.2, -0.15) is 0 Å². The van der Waals surface area contributed by atoms with E-state index in [1.165, 1.54) is 0 Å². The third-order valence-corrected chi connectivity index (χ3v) is 5.06. The van der Waals surface area contributed by atoms with Crippen LogP contribution in [0.15, 0.2) is 34.7 Å². The second-order valence-electron chi connectivity index (χ2n) is 7.54. The van der Waals surface area contributed by atoms with Gasteiger partial charge >= 0.3 is 0 Å². The van der Waals surface area contributed by atoms with E-state index in [4.69, 9.17) is 13.9 Å². The molecule has 1 amide bonds. The summed E-state index contributed by atoms with van der Waals surface area (Å²) in [4.78, 5) is 17.0. The first-order valence-electron chi connectivity index (χ1n) is 10.3. The van der Waals surface area contributed by atoms with Gasteiger partial charge in [0.2, 0.25) is 5.88 Å². The summed E-state index contributed by atoms with van der Waals surface area (Å²) in [5, 5.41) is 9.03. The number of hydrogen-bond acceptors (Lipinski definition) is 6. The van der Waals surface area contributed by atoms with Crippen LogP contribution in [0.1, 0.15) is 36.9 Å². The van der Waals surface area contributed by atoms with Crippen LogP contribution in [0.4, 0.5) is 0 Å². The van der Waals surface area contributed by atoms with Gasteiger partial charge in [0.25, 0.3) is 5.91 Å². The summed E-state index contributed by atoms with van der Waals surface area (Å²) < 4.78 is 19.0. The van der Waals surface area contributed by atoms with Gasteiger partial charge in [-0.25, -0.2) is 9.67 Å². The lowest BCUT2D eigenvalue weighted by atomic mass is 10.2. The van der Waals surface area contributed by atoms with Crippen LogP contribution >= 0.6 is 0 Å². The Kier molecular flexibility index (Phi) is 5.54. The maximum atomic E-state index is 12.5. The quantitative estimate of drug-likeness (QED) is 0.484. The average molecular weight is 422 g/mol. The third kappa shape index (κ3) is 4.05. The third-order valence-electron chi connectivity index (χ3n) is 5.06. The van der Waals surface area contributed by atoms with E-state index in [1.54, 1.807) is 11.7 Å². The smallest absolute Gasteiger partial charge is 0.258 e. The molecule has 8 heteroatoms. The summed E-state index contributed by atoms with van der Waals surface area (Å²) in [7, 11) is 1.81. The largest absolute Gasteiger partial charge is 0.490 e. The van der Waals surface area contributed by atoms with Crippen molar-refractivity contribution >= 4 is 27.9 Å². The van der Waals surface area contributed by atoms with E-state index >= 15 is 0 Å². The van der Waals surface area contributed by atoms with Gasteiger partial charge in [0.05, 0.1) is 18.0 Å². The Hall–Kier alpha value is -3.55. The molecule has 0 radical (unpaired) electrons. The molecule has 31 heavy (non-hydrogen) atoms. The second kappa shape index (κ2) is 8.29. The van der Waals surface area contributed by atoms with Crippen molar-refractivity contribution in [2.24, 2.45) is 7.05 Å². The Bertz CT molecular complexity index is 1260. The van der Waals surface area contributed by atoms with E-state index in [0.717, 1.165) is 27.7 Å². The molecule has 0 saturated heterocycles. The van der Waals surface area contributed by atoms with Crippen molar-refractivity contribution < 1.29 is 18.7 Å². The van der Waals surface area contributed by atoms with E-state index < -0.39 is 0 Å². The zero-order valence-electron chi connectivity index (χ0n) is 18.4. The number of ether oxygens (including phenoxy) is 2. The molecule has 0 spiro atoms. The number of nitrogens with zero attached hydrogens (tertiary/aromatic N) is 3. The highest BCUT2D eigenvalue weighted by molar-refractivity contribution is 5.86. The van der Waals surface area contributed by atoms with Crippen LogP contribution in [-0.2, 0) is 11.8 Å². The monoisotopic (exact) mass is 422 g/mol. The Morgan fingerprint density at radius 1 is 1.26 bits per heavy atom. The molecular weight excluding hydrogens is 396 g/mol. The molecule has 0 aliphatic heterocycles. The van der Waals surface area contributed by atoms with Gasteiger partial charge in [-0.05, 0) is 51.5 Å². The van der Waals surface area contributed by atoms with Gasteiger partial charge in [-0.15, -0.1) is 5.10 Å². The minimum Gasteiger partial charge on any atom is -0.490 e. The SMILES string of the molecule is CCOc1cccc2cc(C(C)NC(=O)COc3nn(C)c4nc(C)cc(C)c34)oc12. The van der Waals surface area contributed by atoms with Crippen molar-refractivity contribution in [3.63, 3.8) is 0 Å². The summed E-state index contributed by atoms with van der Waals surface area (Å²) in [6.45, 7) is 8.09. The topological polar surface area (TPSA) is 91.4 Å². The molecule has 8 nitrogen and oxygen atoms in total. The zero-order valence-corrected chi connectivity index (χ0v) is 18.4. The molecule has 162 valence electrons. The molecule has 0 aliphatic carbocycles. The fraction of sp³-hybridized carbons (Fsp3) is 0.348. The number of nitrogens with one attached hydrogen (secondary N) is 1. The first-order valence-corrected chi connectivity index (χ1v) is 10.3. The van der Waals surface area contributed by atoms with E-state index in [1.807, 2.05) is 58.0 Å². The van der Waals surface area contributed by atoms with Crippen LogP contribution in [0, 0.1) is 13.8 Å². The fourth-order valence-corrected chi connectivity index (χ4v) is 3.68. The van der Waals surface area contributed by atoms with Crippen LogP contribution in [0.2, 0.25) is 0 Å². The molecule has 0 fully saturated rings. The van der Waals surface area contributed by atoms with Gasteiger partial charge in [-0.1, -0.05) is 12.1 Å². The number of pyridine rings is 1. The van der Waals surface area contributed by atoms with Gasteiger partial charge in [-0.3, -0.25) is 4.79 Å². The van der Waals surface area contributed by atoms with Crippen LogP contribution in [-0.4, -0.2) is 33.9 Å². The van der Waals surface area contributed by atoms with Gasteiger partial charge in [0, 0.05) is 18.1 Å². The predicted molar refractivity (Wildman–Crippen MR) is 117 cm³/mol. The molecule has 3 aromatic heterocycles. The molecule has 1 unspecified atom stereocenters. The average Bonchev–Trinajstić information content (AvgIpc) is 3.29. The van der Waals surface area contributed by atoms with Crippen molar-refractivity contribution in [2.75, 3.05) is 13.2 Å². The minimum absolute atomic E-state index is 0.159. The lowest BCUT2D eigenvalue weighted by molar-refractivity contribution is -0.123. The lowest BCUT2D eigenvalue weighted by Crippen LogP contribution is -2.31. The number of para-hydroxylation sites is 1. The predicted octanol–water partition coefficient (Wildman–Crippen LogP) is 3.99. The maximum absolute atomic E-state index is 12.5. The Balaban J connectivity index is 1.45. The molecule has 0 saturated carbocycles. The molecule has 1 N–H and O–H groups in total. The first kappa shape index (κ1) is 20.7. The normalized spacial score (nSPS) is 12.3. The van der Waals surface area contributed by atoms with E-state index in [9.17, 15) is 4.79 Å². The van der Waals surface area contributed by atoms with Crippen molar-refractivity contribution in [1.82, 2.24) is 20.1 Å². The number of carbonyl (C=O) groups excluding carboxylic acids is 1. The summed E-state index contributed by atoms with van der Waals surface area (Å²) in [5.74, 6) is 1.47. The Morgan fingerprint density at radius 2 is 2.06 bits per heavy atom. The van der Waals surface area contributed by atoms with Crippen LogP contribution < -0.4 is 14.8 Å². The Labute approximate surface area is 180 Å². The van der Waals surface area contributed by atoms with Crippen molar-refractivity contribution in [1.29, 1.82) is 0 Å². The highest BCUT2D eigenvalue weighted by atomic mass is 16.5. The number of hydrogen-bond donors (Lipinski definition) is 1. The fourth-order valence-electron chi connectivity index (χ4n) is 3.68. The van der Waals surface area contributed by atoms with Crippen LogP contribution in [0.3, 0.4) is 0 Å². The molecule has 4 aromatic rings. The molecule has 0 bridgehead atoms. The lowest BCUT2D eigenvalue weighted by Gasteiger charge is -2.11. The molecule has 3 heterocycles. The summed E-state index contributed by atoms with van der Waals surface area (Å²) in [6, 6.07) is 9.28. The van der Waals surface area contributed by atoms with Gasteiger partial charge < -0.3 is 19.2 Å². The molecule has 1 atom stereocenters. The second-order valence-corrected chi connectivity index (χ2v) is 7.54. The van der Waals surface area contributed by atoms with Crippen LogP contribution in [0.5, 0.6) is 11.6 Å². The van der Waals surface area contributed by atoms with Crippen molar-refractivity contribution in [3.8, 4) is 11.6 Å². The van der Waals surface area contributed by atoms with Crippen LogP contribution in [0.25, 0.3) is 22.0 Å². The highest BCUT2D eigenvalue weighted by Gasteiger charge is 2.19. The number of aromatic nitrogens is 3. The molecule has 4 rings (SSSR count). The number of fused-ring (bicyclic) bond motifs is 2. The zero-order chi connectivity index (χ0) is 22.1. The summed E-state index contributed by atoms with van der Waals surface area (Å²) in [5.41, 5.74) is 3.32. The molecule has 1 aromatic carbocycles. The van der Waals surface area contributed by atoms with E-state index in [0.29, 0.717) is 29.6 Å². The number of benzene rings is 1. The Morgan fingerprint density at radius 3 is 2.84 bits per heavy atom. The summed E-state index contributed by atoms with van der Waals surface area (Å²) in [6.07, 6.45) is 0. The van der Waals surface area contributed by atoms with Crippen molar-refractivity contribution in [3.05, 3.63) is 47.3 Å². The number of furan rings is 1. The first-order chi connectivity index (χ1) is 14.9. The molecular formula is C23H26N4O4. The highest BCUT2D eigenvalue weighted by Crippen LogP contribution is 2.31. The van der Waals surface area contributed by atoms with E-state index in [-0.39, 0.29) is 18.6 Å². The van der Waals surface area contributed by atoms with E-state index in [2.05, 4.69) is 15.4 Å². The maximum Gasteiger partial charge on any atom is 0.258 e. The minimum atomic E-state index is -0.329.